The third-order valence-corrected chi connectivity index (χ3v) is 16.3. The highest BCUT2D eigenvalue weighted by Crippen LogP contribution is 2.76. The van der Waals surface area contributed by atoms with Crippen LogP contribution in [-0.4, -0.2) is 66.9 Å². The zero-order valence-electron chi connectivity index (χ0n) is 36.5. The lowest BCUT2D eigenvalue weighted by Gasteiger charge is -2.71. The predicted octanol–water partition coefficient (Wildman–Crippen LogP) is 7.12. The SMILES string of the molecule is CC(C)[C@H](N)C(=O)N[C@H](C(=O)OCCOC(=O)[C@]12CCC(C)(C)C[C@H]1C1=CC[C@@H]3[C@@]4(C)CC[C@H](OC(=O)CO[N+](=O)[O-])C(C)(C)[C@@H]4CC[C@@]3(C)[C@]1(C)CC2)C(C)C. The molecule has 5 rings (SSSR count). The molecule has 5 aliphatic carbocycles. The molecule has 4 fully saturated rings. The average molecular weight is 802 g/mol. The van der Waals surface area contributed by atoms with Crippen LogP contribution in [0.5, 0.6) is 0 Å². The van der Waals surface area contributed by atoms with E-state index in [9.17, 15) is 29.3 Å². The summed E-state index contributed by atoms with van der Waals surface area (Å²) in [6.07, 6.45) is 10.8. The van der Waals surface area contributed by atoms with Gasteiger partial charge in [-0.1, -0.05) is 87.8 Å². The number of fused-ring (bicyclic) bond motifs is 7. The summed E-state index contributed by atoms with van der Waals surface area (Å²) in [7, 11) is 0. The molecule has 0 radical (unpaired) electrons. The van der Waals surface area contributed by atoms with Gasteiger partial charge < -0.3 is 30.1 Å². The number of allylic oxidation sites excluding steroid dienone is 2. The third-order valence-electron chi connectivity index (χ3n) is 16.3. The molecule has 0 saturated heterocycles. The molecular formula is C44H71N3O10. The number of nitrogens with two attached hydrogens (primary N) is 1. The number of nitrogens with one attached hydrogen (secondary N) is 1. The number of nitrogens with zero attached hydrogens (tertiary/aromatic N) is 1. The summed E-state index contributed by atoms with van der Waals surface area (Å²) in [5, 5.41) is 12.5. The van der Waals surface area contributed by atoms with Gasteiger partial charge in [0, 0.05) is 5.41 Å². The van der Waals surface area contributed by atoms with Crippen molar-refractivity contribution in [1.29, 1.82) is 0 Å². The molecule has 0 spiro atoms. The largest absolute Gasteiger partial charge is 0.462 e. The number of carbonyl (C=O) groups excluding carboxylic acids is 4. The van der Waals surface area contributed by atoms with E-state index in [4.69, 9.17) is 19.9 Å². The second kappa shape index (κ2) is 16.1. The monoisotopic (exact) mass is 802 g/mol. The molecule has 5 aliphatic rings. The van der Waals surface area contributed by atoms with Gasteiger partial charge in [0.2, 0.25) is 5.91 Å². The van der Waals surface area contributed by atoms with Gasteiger partial charge in [0.15, 0.2) is 6.61 Å². The van der Waals surface area contributed by atoms with Gasteiger partial charge in [-0.05, 0) is 115 Å². The number of carbonyl (C=O) groups is 4. The standard InChI is InChI=1S/C44H71N3O10/c1-26(2)34(45)36(49)46-35(27(3)4)37(50)54-22-23-55-38(51)44-20-18-39(5,6)24-29(44)28-12-13-31-41(9)16-15-32(57-33(48)25-56-47(52)53)40(7,8)30(41)14-17-43(31,11)42(28,10)19-21-44/h12,26-27,29-32,34-35H,13-25,45H2,1-11H3,(H,46,49)/t29-,30-,31+,32-,34-,35-,41-,42+,43+,44-/m0/s1. The predicted molar refractivity (Wildman–Crippen MR) is 213 cm³/mol. The molecule has 0 aliphatic heterocycles. The van der Waals surface area contributed by atoms with Crippen molar-refractivity contribution in [2.45, 2.75) is 159 Å². The first-order chi connectivity index (χ1) is 26.4. The average Bonchev–Trinajstić information content (AvgIpc) is 3.11. The van der Waals surface area contributed by atoms with E-state index in [0.29, 0.717) is 12.3 Å². The number of amides is 1. The van der Waals surface area contributed by atoms with E-state index in [1.54, 1.807) is 0 Å². The zero-order chi connectivity index (χ0) is 42.5. The Labute approximate surface area is 339 Å². The van der Waals surface area contributed by atoms with Crippen molar-refractivity contribution >= 4 is 23.8 Å². The van der Waals surface area contributed by atoms with E-state index in [0.717, 1.165) is 57.8 Å². The molecule has 57 heavy (non-hydrogen) atoms. The molecule has 0 aromatic carbocycles. The van der Waals surface area contributed by atoms with E-state index in [1.807, 2.05) is 27.7 Å². The first kappa shape index (κ1) is 44.9. The minimum atomic E-state index is -0.969. The van der Waals surface area contributed by atoms with Gasteiger partial charge >= 0.3 is 17.9 Å². The minimum Gasteiger partial charge on any atom is -0.462 e. The lowest BCUT2D eigenvalue weighted by Crippen LogP contribution is -2.65. The maximum atomic E-state index is 14.4. The van der Waals surface area contributed by atoms with Gasteiger partial charge in [-0.15, -0.1) is 10.1 Å². The van der Waals surface area contributed by atoms with Crippen LogP contribution in [0.3, 0.4) is 0 Å². The Morgan fingerprint density at radius 1 is 0.877 bits per heavy atom. The molecule has 0 unspecified atom stereocenters. The van der Waals surface area contributed by atoms with Crippen molar-refractivity contribution in [3.63, 3.8) is 0 Å². The Balaban J connectivity index is 1.32. The number of esters is 3. The normalized spacial score (nSPS) is 36.1. The molecule has 1 amide bonds. The molecule has 0 aromatic heterocycles. The van der Waals surface area contributed by atoms with Crippen molar-refractivity contribution in [1.82, 2.24) is 5.32 Å². The van der Waals surface area contributed by atoms with E-state index >= 15 is 0 Å². The molecule has 10 atom stereocenters. The Kier molecular flexibility index (Phi) is 12.7. The summed E-state index contributed by atoms with van der Waals surface area (Å²) in [6, 6.07) is -1.60. The topological polar surface area (TPSA) is 186 Å². The second-order valence-corrected chi connectivity index (χ2v) is 21.0. The Bertz CT molecular complexity index is 1610. The molecular weight excluding hydrogens is 730 g/mol. The summed E-state index contributed by atoms with van der Waals surface area (Å²) in [4.78, 5) is 67.7. The van der Waals surface area contributed by atoms with E-state index in [2.05, 4.69) is 64.7 Å². The summed E-state index contributed by atoms with van der Waals surface area (Å²) in [6.45, 7) is 22.9. The summed E-state index contributed by atoms with van der Waals surface area (Å²) in [5.74, 6) is -1.49. The summed E-state index contributed by atoms with van der Waals surface area (Å²) < 4.78 is 17.5. The minimum absolute atomic E-state index is 0.0175. The maximum absolute atomic E-state index is 14.4. The Morgan fingerprint density at radius 3 is 2.16 bits per heavy atom. The number of ether oxygens (including phenoxy) is 3. The molecule has 13 nitrogen and oxygen atoms in total. The highest BCUT2D eigenvalue weighted by atomic mass is 17.0. The fraction of sp³-hybridized carbons (Fsp3) is 0.864. The van der Waals surface area contributed by atoms with E-state index < -0.39 is 47.0 Å². The summed E-state index contributed by atoms with van der Waals surface area (Å²) in [5.41, 5.74) is 6.34. The van der Waals surface area contributed by atoms with E-state index in [1.165, 1.54) is 5.57 Å². The van der Waals surface area contributed by atoms with Crippen molar-refractivity contribution in [2.24, 2.45) is 67.8 Å². The Hall–Kier alpha value is -3.22. The van der Waals surface area contributed by atoms with Crippen LogP contribution in [-0.2, 0) is 38.2 Å². The van der Waals surface area contributed by atoms with Crippen LogP contribution in [0.2, 0.25) is 0 Å². The molecule has 322 valence electrons. The van der Waals surface area contributed by atoms with Crippen LogP contribution in [0.15, 0.2) is 11.6 Å². The fourth-order valence-corrected chi connectivity index (χ4v) is 12.7. The van der Waals surface area contributed by atoms with Gasteiger partial charge in [0.25, 0.3) is 5.09 Å². The van der Waals surface area contributed by atoms with Crippen molar-refractivity contribution in [3.05, 3.63) is 21.8 Å². The first-order valence-corrected chi connectivity index (χ1v) is 21.4. The number of hydrogen-bond acceptors (Lipinski definition) is 11. The highest BCUT2D eigenvalue weighted by Gasteiger charge is 2.69. The van der Waals surface area contributed by atoms with Crippen molar-refractivity contribution in [2.75, 3.05) is 19.8 Å². The van der Waals surface area contributed by atoms with Crippen LogP contribution in [0, 0.1) is 72.2 Å². The van der Waals surface area contributed by atoms with Gasteiger partial charge in [-0.25, -0.2) is 9.59 Å². The molecule has 3 N–H and O–H groups in total. The van der Waals surface area contributed by atoms with Crippen LogP contribution in [0.1, 0.15) is 140 Å². The van der Waals surface area contributed by atoms with Crippen LogP contribution >= 0.6 is 0 Å². The quantitative estimate of drug-likeness (QED) is 0.0482. The third kappa shape index (κ3) is 8.08. The second-order valence-electron chi connectivity index (χ2n) is 21.0. The van der Waals surface area contributed by atoms with Crippen molar-refractivity contribution in [3.8, 4) is 0 Å². The zero-order valence-corrected chi connectivity index (χ0v) is 36.5. The summed E-state index contributed by atoms with van der Waals surface area (Å²) >= 11 is 0. The number of rotatable bonds is 13. The van der Waals surface area contributed by atoms with E-state index in [-0.39, 0.29) is 76.0 Å². The van der Waals surface area contributed by atoms with Gasteiger partial charge in [0.1, 0.15) is 25.4 Å². The number of hydrogen-bond donors (Lipinski definition) is 2. The van der Waals surface area contributed by atoms with Crippen LogP contribution < -0.4 is 11.1 Å². The van der Waals surface area contributed by atoms with Gasteiger partial charge in [0.05, 0.1) is 11.5 Å². The Morgan fingerprint density at radius 2 is 1.53 bits per heavy atom. The molecule has 0 bridgehead atoms. The van der Waals surface area contributed by atoms with Gasteiger partial charge in [-0.2, -0.15) is 0 Å². The molecule has 0 aromatic rings. The molecule has 13 heteroatoms. The molecule has 4 saturated carbocycles. The van der Waals surface area contributed by atoms with Crippen LogP contribution in [0.25, 0.3) is 0 Å². The fourth-order valence-electron chi connectivity index (χ4n) is 12.7. The molecule has 0 heterocycles. The smallest absolute Gasteiger partial charge is 0.332 e. The van der Waals surface area contributed by atoms with Crippen molar-refractivity contribution < 1.29 is 43.3 Å². The van der Waals surface area contributed by atoms with Crippen LogP contribution in [0.4, 0.5) is 0 Å². The maximum Gasteiger partial charge on any atom is 0.332 e. The first-order valence-electron chi connectivity index (χ1n) is 21.4. The lowest BCUT2D eigenvalue weighted by atomic mass is 9.33. The lowest BCUT2D eigenvalue weighted by molar-refractivity contribution is -0.754. The highest BCUT2D eigenvalue weighted by molar-refractivity contribution is 5.87. The van der Waals surface area contributed by atoms with Gasteiger partial charge in [-0.3, -0.25) is 9.59 Å².